The first-order valence-electron chi connectivity index (χ1n) is 7.12. The van der Waals surface area contributed by atoms with Crippen LogP contribution in [0.4, 0.5) is 0 Å². The van der Waals surface area contributed by atoms with Gasteiger partial charge < -0.3 is 10.3 Å². The quantitative estimate of drug-likeness (QED) is 0.774. The van der Waals surface area contributed by atoms with Gasteiger partial charge in [-0.2, -0.15) is 0 Å². The van der Waals surface area contributed by atoms with E-state index in [1.54, 1.807) is 0 Å². The normalized spacial score (nSPS) is 10.5. The number of aromatic nitrogens is 1. The summed E-state index contributed by atoms with van der Waals surface area (Å²) in [6.07, 6.45) is 6.46. The average molecular weight is 270 g/mol. The lowest BCUT2D eigenvalue weighted by atomic mass is 10.1. The molecule has 0 saturated carbocycles. The third-order valence-corrected chi connectivity index (χ3v) is 3.33. The molecule has 1 heterocycles. The highest BCUT2D eigenvalue weighted by Crippen LogP contribution is 2.19. The van der Waals surface area contributed by atoms with Crippen molar-refractivity contribution in [1.29, 1.82) is 0 Å². The number of carbonyl (C=O) groups is 1. The molecule has 2 aromatic rings. The number of fused-ring (bicyclic) bond motifs is 1. The van der Waals surface area contributed by atoms with Crippen LogP contribution >= 0.6 is 0 Å². The lowest BCUT2D eigenvalue weighted by Gasteiger charge is -2.03. The highest BCUT2D eigenvalue weighted by molar-refractivity contribution is 5.83. The van der Waals surface area contributed by atoms with Crippen molar-refractivity contribution in [2.24, 2.45) is 0 Å². The molecule has 0 aliphatic rings. The van der Waals surface area contributed by atoms with Gasteiger partial charge in [-0.25, -0.2) is 0 Å². The molecule has 2 rings (SSSR count). The molecule has 0 spiro atoms. The lowest BCUT2D eigenvalue weighted by molar-refractivity contribution is -0.120. The van der Waals surface area contributed by atoms with Crippen molar-refractivity contribution >= 4 is 16.8 Å². The fraction of sp³-hybridized carbons (Fsp3) is 0.353. The zero-order chi connectivity index (χ0) is 14.4. The van der Waals surface area contributed by atoms with Gasteiger partial charge in [-0.15, -0.1) is 0 Å². The van der Waals surface area contributed by atoms with Gasteiger partial charge in [-0.3, -0.25) is 4.79 Å². The molecular formula is C17H22N2O. The number of allylic oxidation sites excluding steroid dienone is 1. The third kappa shape index (κ3) is 3.98. The Morgan fingerprint density at radius 1 is 1.30 bits per heavy atom. The number of rotatable bonds is 6. The SMILES string of the molecule is CC(C)=CCNC(=O)CCCc1c[nH]c2ccccc12. The second-order valence-corrected chi connectivity index (χ2v) is 5.30. The summed E-state index contributed by atoms with van der Waals surface area (Å²) in [5.74, 6) is 0.127. The fourth-order valence-corrected chi connectivity index (χ4v) is 2.24. The predicted molar refractivity (Wildman–Crippen MR) is 83.7 cm³/mol. The first kappa shape index (κ1) is 14.4. The molecule has 1 aromatic carbocycles. The van der Waals surface area contributed by atoms with Gasteiger partial charge in [0, 0.05) is 30.1 Å². The molecule has 1 amide bonds. The van der Waals surface area contributed by atoms with E-state index < -0.39 is 0 Å². The molecule has 0 radical (unpaired) electrons. The summed E-state index contributed by atoms with van der Waals surface area (Å²) in [5, 5.41) is 4.17. The maximum Gasteiger partial charge on any atom is 0.220 e. The number of H-pyrrole nitrogens is 1. The molecule has 0 unspecified atom stereocenters. The number of aromatic amines is 1. The molecule has 106 valence electrons. The smallest absolute Gasteiger partial charge is 0.220 e. The number of hydrogen-bond acceptors (Lipinski definition) is 1. The summed E-state index contributed by atoms with van der Waals surface area (Å²) in [6, 6.07) is 8.27. The van der Waals surface area contributed by atoms with Crippen LogP contribution in [0.2, 0.25) is 0 Å². The zero-order valence-electron chi connectivity index (χ0n) is 12.2. The van der Waals surface area contributed by atoms with E-state index >= 15 is 0 Å². The van der Waals surface area contributed by atoms with Crippen LogP contribution in [0.25, 0.3) is 10.9 Å². The first-order valence-corrected chi connectivity index (χ1v) is 7.12. The number of amides is 1. The van der Waals surface area contributed by atoms with E-state index in [-0.39, 0.29) is 5.91 Å². The number of benzene rings is 1. The summed E-state index contributed by atoms with van der Waals surface area (Å²) in [5.41, 5.74) is 3.68. The standard InChI is InChI=1S/C17H22N2O/c1-13(2)10-11-18-17(20)9-5-6-14-12-19-16-8-4-3-7-15(14)16/h3-4,7-8,10,12,19H,5-6,9,11H2,1-2H3,(H,18,20). The van der Waals surface area contributed by atoms with Gasteiger partial charge in [0.2, 0.25) is 5.91 Å². The van der Waals surface area contributed by atoms with E-state index in [1.165, 1.54) is 16.5 Å². The molecule has 0 atom stereocenters. The van der Waals surface area contributed by atoms with Crippen molar-refractivity contribution in [3.8, 4) is 0 Å². The zero-order valence-corrected chi connectivity index (χ0v) is 12.2. The van der Waals surface area contributed by atoms with E-state index in [4.69, 9.17) is 0 Å². The van der Waals surface area contributed by atoms with Gasteiger partial charge >= 0.3 is 0 Å². The predicted octanol–water partition coefficient (Wildman–Crippen LogP) is 3.57. The number of hydrogen-bond donors (Lipinski definition) is 2. The molecule has 0 aliphatic carbocycles. The average Bonchev–Trinajstić information content (AvgIpc) is 2.82. The minimum Gasteiger partial charge on any atom is -0.361 e. The molecule has 3 heteroatoms. The molecule has 1 aromatic heterocycles. The third-order valence-electron chi connectivity index (χ3n) is 3.33. The molecule has 0 fully saturated rings. The number of nitrogens with one attached hydrogen (secondary N) is 2. The van der Waals surface area contributed by atoms with Crippen LogP contribution in [0, 0.1) is 0 Å². The maximum absolute atomic E-state index is 11.7. The highest BCUT2D eigenvalue weighted by Gasteiger charge is 2.04. The van der Waals surface area contributed by atoms with E-state index in [2.05, 4.69) is 22.4 Å². The van der Waals surface area contributed by atoms with Crippen molar-refractivity contribution < 1.29 is 4.79 Å². The maximum atomic E-state index is 11.7. The Bertz CT molecular complexity index is 606. The lowest BCUT2D eigenvalue weighted by Crippen LogP contribution is -2.23. The molecule has 3 nitrogen and oxygen atoms in total. The molecule has 2 N–H and O–H groups in total. The van der Waals surface area contributed by atoms with Crippen LogP contribution in [-0.4, -0.2) is 17.4 Å². The topological polar surface area (TPSA) is 44.9 Å². The van der Waals surface area contributed by atoms with Gasteiger partial charge in [0.1, 0.15) is 0 Å². The molecular weight excluding hydrogens is 248 g/mol. The van der Waals surface area contributed by atoms with E-state index in [9.17, 15) is 4.79 Å². The highest BCUT2D eigenvalue weighted by atomic mass is 16.1. The monoisotopic (exact) mass is 270 g/mol. The Labute approximate surface area is 120 Å². The van der Waals surface area contributed by atoms with Crippen molar-refractivity contribution in [1.82, 2.24) is 10.3 Å². The molecule has 0 bridgehead atoms. The van der Waals surface area contributed by atoms with Crippen LogP contribution in [0.5, 0.6) is 0 Å². The van der Waals surface area contributed by atoms with E-state index in [0.717, 1.165) is 18.4 Å². The van der Waals surface area contributed by atoms with Crippen molar-refractivity contribution in [2.75, 3.05) is 6.54 Å². The van der Waals surface area contributed by atoms with E-state index in [0.29, 0.717) is 13.0 Å². The Kier molecular flexibility index (Phi) is 4.99. The van der Waals surface area contributed by atoms with Crippen LogP contribution in [-0.2, 0) is 11.2 Å². The van der Waals surface area contributed by atoms with Gasteiger partial charge in [0.15, 0.2) is 0 Å². The second-order valence-electron chi connectivity index (χ2n) is 5.30. The van der Waals surface area contributed by atoms with Crippen molar-refractivity contribution in [2.45, 2.75) is 33.1 Å². The van der Waals surface area contributed by atoms with Gasteiger partial charge in [-0.05, 0) is 38.3 Å². The van der Waals surface area contributed by atoms with Gasteiger partial charge in [0.05, 0.1) is 0 Å². The summed E-state index contributed by atoms with van der Waals surface area (Å²) in [6.45, 7) is 4.70. The summed E-state index contributed by atoms with van der Waals surface area (Å²) < 4.78 is 0. The summed E-state index contributed by atoms with van der Waals surface area (Å²) >= 11 is 0. The Hall–Kier alpha value is -2.03. The largest absolute Gasteiger partial charge is 0.361 e. The van der Waals surface area contributed by atoms with Crippen LogP contribution < -0.4 is 5.32 Å². The van der Waals surface area contributed by atoms with Crippen molar-refractivity contribution in [3.63, 3.8) is 0 Å². The van der Waals surface area contributed by atoms with Gasteiger partial charge in [-0.1, -0.05) is 29.8 Å². The van der Waals surface area contributed by atoms with Crippen LogP contribution in [0.15, 0.2) is 42.1 Å². The number of carbonyl (C=O) groups excluding carboxylic acids is 1. The minimum atomic E-state index is 0.127. The summed E-state index contributed by atoms with van der Waals surface area (Å²) in [7, 11) is 0. The molecule has 0 aliphatic heterocycles. The Balaban J connectivity index is 1.78. The molecule has 20 heavy (non-hydrogen) atoms. The minimum absolute atomic E-state index is 0.127. The molecule has 0 saturated heterocycles. The fourth-order valence-electron chi connectivity index (χ4n) is 2.24. The number of para-hydroxylation sites is 1. The second kappa shape index (κ2) is 6.94. The van der Waals surface area contributed by atoms with E-state index in [1.807, 2.05) is 38.3 Å². The number of aryl methyl sites for hydroxylation is 1. The van der Waals surface area contributed by atoms with Crippen molar-refractivity contribution in [3.05, 3.63) is 47.7 Å². The Morgan fingerprint density at radius 2 is 2.10 bits per heavy atom. The summed E-state index contributed by atoms with van der Waals surface area (Å²) in [4.78, 5) is 14.9. The first-order chi connectivity index (χ1) is 9.66. The van der Waals surface area contributed by atoms with Crippen LogP contribution in [0.1, 0.15) is 32.3 Å². The van der Waals surface area contributed by atoms with Crippen LogP contribution in [0.3, 0.4) is 0 Å². The van der Waals surface area contributed by atoms with Gasteiger partial charge in [0.25, 0.3) is 0 Å². The Morgan fingerprint density at radius 3 is 2.90 bits per heavy atom.